The molecule has 1 aliphatic carbocycles. The van der Waals surface area contributed by atoms with Crippen molar-refractivity contribution in [3.63, 3.8) is 0 Å². The van der Waals surface area contributed by atoms with Crippen LogP contribution in [0, 0.1) is 39.0 Å². The Morgan fingerprint density at radius 2 is 0.634 bits per heavy atom. The van der Waals surface area contributed by atoms with Crippen molar-refractivity contribution in [1.82, 2.24) is 83.3 Å². The van der Waals surface area contributed by atoms with Gasteiger partial charge in [-0.25, -0.2) is 33.7 Å². The Balaban J connectivity index is 0.000000123. The molecular formula is C99H92N18O10S4. The minimum atomic E-state index is -3.29. The molecule has 0 radical (unpaired) electrons. The Labute approximate surface area is 760 Å². The molecule has 0 unspecified atom stereocenters. The van der Waals surface area contributed by atoms with E-state index in [1.54, 1.807) is 91.4 Å². The monoisotopic (exact) mass is 1820 g/mol. The number of nitriles is 1. The van der Waals surface area contributed by atoms with Gasteiger partial charge in [0.05, 0.1) is 122 Å². The maximum absolute atomic E-state index is 12.1. The Morgan fingerprint density at radius 3 is 0.901 bits per heavy atom. The van der Waals surface area contributed by atoms with Gasteiger partial charge >= 0.3 is 0 Å². The van der Waals surface area contributed by atoms with E-state index in [0.717, 1.165) is 160 Å². The number of nitrogens with zero attached hydrogens (tertiary/aromatic N) is 18. The van der Waals surface area contributed by atoms with Crippen LogP contribution in [0.25, 0.3) is 135 Å². The van der Waals surface area contributed by atoms with Crippen molar-refractivity contribution in [3.05, 3.63) is 296 Å². The lowest BCUT2D eigenvalue weighted by Crippen LogP contribution is -2.30. The fraction of sp³-hybridized carbons (Fsp3) is 0.222. The summed E-state index contributed by atoms with van der Waals surface area (Å²) in [6.45, 7) is 11.4. The molecule has 0 amide bonds. The number of sulfone groups is 3. The van der Waals surface area contributed by atoms with E-state index in [1.807, 2.05) is 200 Å². The first-order valence-corrected chi connectivity index (χ1v) is 50.0. The molecule has 32 heteroatoms. The smallest absolute Gasteiger partial charge is 0.211 e. The van der Waals surface area contributed by atoms with Gasteiger partial charge in [-0.15, -0.1) is 0 Å². The van der Waals surface area contributed by atoms with Gasteiger partial charge in [0.1, 0.15) is 22.8 Å². The third-order valence-corrected chi connectivity index (χ3v) is 27.6. The van der Waals surface area contributed by atoms with Gasteiger partial charge < -0.3 is 9.47 Å². The number of hydrogen-bond acceptors (Lipinski definition) is 23. The second-order valence-electron chi connectivity index (χ2n) is 32.9. The SMILES string of the molecule is Cc1cccc(-c2nn(C3CC3)cc2-c2ccnc(-c3ccc(C#N)cc3)c2)n1.Cc1cccc(-c2nn(C3COC3)cc2-c2ccnc(-c3ccc(S(C)(=O)=O)cc3)c2)n1.Cc1cccc(-c2nn([C@@H]3CCN(S(C)(=O)=O)C3)cc2-c2ccnc(-c3ccc(S(C)(=O)=O)cc3)c2)n1.Cc1cccc(-c2nn([C@@H]3CCOC3)cc2-c2ccnc(-c3ccc(S(C)(=O)=O)cc3)c2)n1. The first kappa shape index (κ1) is 89.1. The van der Waals surface area contributed by atoms with Gasteiger partial charge in [-0.05, 0) is 221 Å². The van der Waals surface area contributed by atoms with Crippen LogP contribution in [-0.2, 0) is 49.0 Å². The molecule has 15 heterocycles. The van der Waals surface area contributed by atoms with Gasteiger partial charge in [-0.2, -0.15) is 30.0 Å². The van der Waals surface area contributed by atoms with Crippen molar-refractivity contribution >= 4 is 39.5 Å². The molecule has 1 saturated carbocycles. The molecule has 0 N–H and O–H groups in total. The van der Waals surface area contributed by atoms with E-state index in [-0.39, 0.29) is 32.8 Å². The molecule has 20 rings (SSSR count). The standard InChI is InChI=1S/C26H27N5O4S2.C25H24N4O3S.C24H19N5.C24H22N4O3S/c1-18-5-4-6-24(28-18)26-23(17-31(29-26)21-12-14-30(16-21)37(3,34)35)20-11-13-27-25(15-20)19-7-9-22(10-8-19)36(2,32)33;1-17-4-3-5-23(27-17)25-22(15-29(28-25)20-11-13-32-16-20)19-10-12-26-24(14-19)18-6-8-21(9-7-18)33(2,30)31;1-16-3-2-4-22(27-16)24-21(15-29(28-24)20-9-10-20)19-11-12-26-23(13-19)18-7-5-17(14-25)6-8-18;1-16-4-3-5-22(26-16)24-21(13-28(27-24)19-14-31-15-19)18-10-11-25-23(12-18)17-6-8-20(9-7-17)32(2,29)30/h4-11,13,15,17,21H,12,14,16H2,1-3H3;3-10,12,14-15,20H,11,13,16H2,1-2H3;2-8,11-13,15,20H,9-10H2,1H3;3-13,19H,14-15H2,1-2H3/t21-;20-;;/m11../s1. The Morgan fingerprint density at radius 1 is 0.328 bits per heavy atom. The first-order chi connectivity index (χ1) is 63.0. The van der Waals surface area contributed by atoms with Crippen molar-refractivity contribution in [3.8, 4) is 141 Å². The Kier molecular flexibility index (Phi) is 25.6. The van der Waals surface area contributed by atoms with Crippen LogP contribution in [0.3, 0.4) is 0 Å². The molecule has 0 spiro atoms. The Bertz CT molecular complexity index is 7470. The summed E-state index contributed by atoms with van der Waals surface area (Å²) in [5.41, 5.74) is 25.1. The van der Waals surface area contributed by atoms with Crippen LogP contribution in [-0.4, -0.2) is 182 Å². The van der Waals surface area contributed by atoms with Crippen molar-refractivity contribution in [1.29, 1.82) is 5.26 Å². The van der Waals surface area contributed by atoms with E-state index in [9.17, 15) is 33.7 Å². The summed E-state index contributed by atoms with van der Waals surface area (Å²) in [6.07, 6.45) is 24.0. The number of hydrogen-bond donors (Lipinski definition) is 0. The molecule has 3 saturated heterocycles. The fourth-order valence-electron chi connectivity index (χ4n) is 15.6. The molecule has 0 bridgehead atoms. The molecule has 2 atom stereocenters. The van der Waals surface area contributed by atoms with Crippen LogP contribution >= 0.6 is 0 Å². The second kappa shape index (κ2) is 37.7. The van der Waals surface area contributed by atoms with Crippen LogP contribution in [0.2, 0.25) is 0 Å². The molecule has 28 nitrogen and oxygen atoms in total. The number of benzene rings is 4. The average Bonchev–Trinajstić information content (AvgIpc) is 1.62. The molecule has 662 valence electrons. The third kappa shape index (κ3) is 20.9. The van der Waals surface area contributed by atoms with Gasteiger partial charge in [0.25, 0.3) is 0 Å². The number of pyridine rings is 8. The summed E-state index contributed by atoms with van der Waals surface area (Å²) in [6, 6.07) is 70.1. The van der Waals surface area contributed by atoms with E-state index in [2.05, 4.69) is 59.1 Å². The van der Waals surface area contributed by atoms with Crippen molar-refractivity contribution in [2.24, 2.45) is 0 Å². The molecule has 16 aromatic rings. The summed E-state index contributed by atoms with van der Waals surface area (Å²) < 4.78 is 115. The molecule has 4 aliphatic rings. The number of rotatable bonds is 20. The minimum absolute atomic E-state index is 0.0862. The highest BCUT2D eigenvalue weighted by Gasteiger charge is 2.33. The topological polar surface area (TPSA) is 356 Å². The largest absolute Gasteiger partial charge is 0.379 e. The summed E-state index contributed by atoms with van der Waals surface area (Å²) in [4.78, 5) is 37.6. The normalized spacial score (nSPS) is 15.3. The number of aromatic nitrogens is 16. The zero-order valence-electron chi connectivity index (χ0n) is 73.0. The van der Waals surface area contributed by atoms with Crippen molar-refractivity contribution in [2.45, 2.75) is 92.2 Å². The highest BCUT2D eigenvalue weighted by atomic mass is 32.2. The Hall–Kier alpha value is -13.9. The number of ether oxygens (including phenoxy) is 2. The highest BCUT2D eigenvalue weighted by Crippen LogP contribution is 2.42. The lowest BCUT2D eigenvalue weighted by atomic mass is 10.0. The van der Waals surface area contributed by atoms with E-state index in [1.165, 1.54) is 42.2 Å². The highest BCUT2D eigenvalue weighted by molar-refractivity contribution is 7.91. The van der Waals surface area contributed by atoms with Gasteiger partial charge in [0.2, 0.25) is 10.0 Å². The van der Waals surface area contributed by atoms with E-state index in [0.29, 0.717) is 62.3 Å². The van der Waals surface area contributed by atoms with Crippen LogP contribution in [0.1, 0.15) is 78.2 Å². The molecule has 131 heavy (non-hydrogen) atoms. The van der Waals surface area contributed by atoms with Crippen LogP contribution in [0.5, 0.6) is 0 Å². The van der Waals surface area contributed by atoms with Crippen LogP contribution in [0.4, 0.5) is 0 Å². The quantitative estimate of drug-likeness (QED) is 0.0684. The minimum Gasteiger partial charge on any atom is -0.379 e. The third-order valence-electron chi connectivity index (χ3n) is 22.9. The molecule has 12 aromatic heterocycles. The molecule has 4 fully saturated rings. The predicted molar refractivity (Wildman–Crippen MR) is 502 cm³/mol. The van der Waals surface area contributed by atoms with E-state index >= 15 is 0 Å². The lowest BCUT2D eigenvalue weighted by Gasteiger charge is -2.25. The predicted octanol–water partition coefficient (Wildman–Crippen LogP) is 17.1. The molecule has 3 aliphatic heterocycles. The average molecular weight is 1820 g/mol. The summed E-state index contributed by atoms with van der Waals surface area (Å²) in [5, 5.41) is 28.5. The zero-order valence-corrected chi connectivity index (χ0v) is 76.3. The van der Waals surface area contributed by atoms with Crippen molar-refractivity contribution < 1.29 is 43.1 Å². The summed E-state index contributed by atoms with van der Waals surface area (Å²) in [7, 11) is -13.1. The van der Waals surface area contributed by atoms with Gasteiger partial charge in [0.15, 0.2) is 29.5 Å². The summed E-state index contributed by atoms with van der Waals surface area (Å²) >= 11 is 0. The zero-order chi connectivity index (χ0) is 91.5. The molecule has 4 aromatic carbocycles. The van der Waals surface area contributed by atoms with Crippen molar-refractivity contribution in [2.75, 3.05) is 64.5 Å². The van der Waals surface area contributed by atoms with Gasteiger partial charge in [-0.3, -0.25) is 58.6 Å². The van der Waals surface area contributed by atoms with Gasteiger partial charge in [-0.1, -0.05) is 72.8 Å². The number of sulfonamides is 1. The van der Waals surface area contributed by atoms with E-state index in [4.69, 9.17) is 45.1 Å². The van der Waals surface area contributed by atoms with Crippen LogP contribution in [0.15, 0.2) is 283 Å². The lowest BCUT2D eigenvalue weighted by molar-refractivity contribution is -0.0285. The van der Waals surface area contributed by atoms with E-state index < -0.39 is 39.5 Å². The van der Waals surface area contributed by atoms with Crippen LogP contribution < -0.4 is 0 Å². The van der Waals surface area contributed by atoms with Gasteiger partial charge in [0, 0.05) is 155 Å². The number of aryl methyl sites for hydroxylation is 4. The summed E-state index contributed by atoms with van der Waals surface area (Å²) in [5.74, 6) is 0. The molecular weight excluding hydrogens is 1730 g/mol. The first-order valence-electron chi connectivity index (χ1n) is 42.5. The second-order valence-corrected chi connectivity index (χ2v) is 41.0. The maximum atomic E-state index is 12.1. The maximum Gasteiger partial charge on any atom is 0.211 e. The fourth-order valence-corrected chi connectivity index (χ4v) is 18.4.